The van der Waals surface area contributed by atoms with Gasteiger partial charge in [-0.2, -0.15) is 0 Å². The van der Waals surface area contributed by atoms with Gasteiger partial charge in [-0.15, -0.1) is 0 Å². The Labute approximate surface area is 169 Å². The van der Waals surface area contributed by atoms with Crippen LogP contribution in [-0.2, 0) is 10.0 Å². The highest BCUT2D eigenvalue weighted by atomic mass is 32.2. The van der Waals surface area contributed by atoms with Crippen molar-refractivity contribution in [3.8, 4) is 0 Å². The lowest BCUT2D eigenvalue weighted by atomic mass is 10.1. The molecule has 0 unspecified atom stereocenters. The number of aryl methyl sites for hydroxylation is 2. The van der Waals surface area contributed by atoms with E-state index in [0.717, 1.165) is 11.1 Å². The van der Waals surface area contributed by atoms with Gasteiger partial charge in [-0.1, -0.05) is 30.3 Å². The molecule has 29 heavy (non-hydrogen) atoms. The van der Waals surface area contributed by atoms with Crippen LogP contribution in [0.15, 0.2) is 65.6 Å². The third-order valence-corrected chi connectivity index (χ3v) is 6.22. The fourth-order valence-corrected chi connectivity index (χ4v) is 4.24. The summed E-state index contributed by atoms with van der Waals surface area (Å²) in [7, 11) is -3.92. The van der Waals surface area contributed by atoms with Gasteiger partial charge < -0.3 is 5.32 Å². The Hall–Kier alpha value is -3.19. The van der Waals surface area contributed by atoms with E-state index in [2.05, 4.69) is 10.0 Å². The molecule has 1 amide bonds. The molecule has 0 spiro atoms. The van der Waals surface area contributed by atoms with Crippen LogP contribution >= 0.6 is 0 Å². The highest BCUT2D eigenvalue weighted by Gasteiger charge is 2.20. The van der Waals surface area contributed by atoms with Gasteiger partial charge in [0.05, 0.1) is 16.3 Å². The van der Waals surface area contributed by atoms with Crippen LogP contribution in [0.25, 0.3) is 0 Å². The predicted molar refractivity (Wildman–Crippen MR) is 112 cm³/mol. The lowest BCUT2D eigenvalue weighted by molar-refractivity contribution is 0.102. The van der Waals surface area contributed by atoms with Gasteiger partial charge in [-0.05, 0) is 67.8 Å². The van der Waals surface area contributed by atoms with E-state index in [0.29, 0.717) is 11.3 Å². The standard InChI is InChI=1S/C22H21FN2O3S/c1-14-7-6-10-19(16(14)3)25-29(27,28)21-13-17(12-11-15(21)2)22(26)24-20-9-5-4-8-18(20)23/h4-13,25H,1-3H3,(H,24,26). The first-order valence-electron chi connectivity index (χ1n) is 8.94. The average molecular weight is 412 g/mol. The molecule has 150 valence electrons. The lowest BCUT2D eigenvalue weighted by Crippen LogP contribution is -2.18. The number of rotatable bonds is 5. The van der Waals surface area contributed by atoms with Crippen LogP contribution in [0, 0.1) is 26.6 Å². The number of para-hydroxylation sites is 1. The number of halogens is 1. The molecule has 0 saturated carbocycles. The molecule has 0 saturated heterocycles. The summed E-state index contributed by atoms with van der Waals surface area (Å²) in [6, 6.07) is 15.5. The Morgan fingerprint density at radius 3 is 2.28 bits per heavy atom. The molecule has 0 aliphatic rings. The van der Waals surface area contributed by atoms with Crippen LogP contribution in [0.5, 0.6) is 0 Å². The SMILES string of the molecule is Cc1ccc(C(=O)Nc2ccccc2F)cc1S(=O)(=O)Nc1cccc(C)c1C. The van der Waals surface area contributed by atoms with E-state index in [9.17, 15) is 17.6 Å². The fraction of sp³-hybridized carbons (Fsp3) is 0.136. The maximum absolute atomic E-state index is 13.8. The van der Waals surface area contributed by atoms with E-state index < -0.39 is 21.7 Å². The van der Waals surface area contributed by atoms with Gasteiger partial charge in [0.1, 0.15) is 5.82 Å². The van der Waals surface area contributed by atoms with E-state index in [1.54, 1.807) is 31.2 Å². The van der Waals surface area contributed by atoms with Crippen LogP contribution < -0.4 is 10.0 Å². The van der Waals surface area contributed by atoms with Crippen molar-refractivity contribution in [2.75, 3.05) is 10.0 Å². The number of benzene rings is 3. The highest BCUT2D eigenvalue weighted by Crippen LogP contribution is 2.25. The smallest absolute Gasteiger partial charge is 0.262 e. The van der Waals surface area contributed by atoms with Gasteiger partial charge in [0, 0.05) is 5.56 Å². The van der Waals surface area contributed by atoms with Crippen molar-refractivity contribution in [1.82, 2.24) is 0 Å². The van der Waals surface area contributed by atoms with Crippen molar-refractivity contribution in [3.63, 3.8) is 0 Å². The Kier molecular flexibility index (Phi) is 5.70. The van der Waals surface area contributed by atoms with E-state index in [1.807, 2.05) is 19.9 Å². The van der Waals surface area contributed by atoms with Crippen molar-refractivity contribution in [3.05, 3.63) is 88.7 Å². The molecular weight excluding hydrogens is 391 g/mol. The summed E-state index contributed by atoms with van der Waals surface area (Å²) in [6.07, 6.45) is 0. The zero-order valence-electron chi connectivity index (χ0n) is 16.3. The average Bonchev–Trinajstić information content (AvgIpc) is 2.67. The summed E-state index contributed by atoms with van der Waals surface area (Å²) in [5, 5.41) is 2.46. The molecule has 5 nitrogen and oxygen atoms in total. The molecule has 7 heteroatoms. The number of hydrogen-bond donors (Lipinski definition) is 2. The van der Waals surface area contributed by atoms with E-state index in [4.69, 9.17) is 0 Å². The van der Waals surface area contributed by atoms with Crippen molar-refractivity contribution in [2.24, 2.45) is 0 Å². The van der Waals surface area contributed by atoms with E-state index >= 15 is 0 Å². The number of sulfonamides is 1. The van der Waals surface area contributed by atoms with Gasteiger partial charge in [0.25, 0.3) is 15.9 Å². The molecule has 0 radical (unpaired) electrons. The summed E-state index contributed by atoms with van der Waals surface area (Å²) in [6.45, 7) is 5.38. The fourth-order valence-electron chi connectivity index (χ4n) is 2.85. The van der Waals surface area contributed by atoms with Crippen molar-refractivity contribution in [2.45, 2.75) is 25.7 Å². The molecule has 0 atom stereocenters. The second-order valence-electron chi connectivity index (χ2n) is 6.77. The zero-order valence-corrected chi connectivity index (χ0v) is 17.1. The van der Waals surface area contributed by atoms with E-state index in [-0.39, 0.29) is 16.1 Å². The third-order valence-electron chi connectivity index (χ3n) is 4.71. The number of carbonyl (C=O) groups is 1. The Balaban J connectivity index is 1.93. The second-order valence-corrected chi connectivity index (χ2v) is 8.42. The van der Waals surface area contributed by atoms with Crippen LogP contribution in [0.1, 0.15) is 27.0 Å². The van der Waals surface area contributed by atoms with Crippen molar-refractivity contribution >= 4 is 27.3 Å². The Morgan fingerprint density at radius 2 is 1.55 bits per heavy atom. The summed E-state index contributed by atoms with van der Waals surface area (Å²) >= 11 is 0. The molecule has 3 rings (SSSR count). The van der Waals surface area contributed by atoms with Crippen molar-refractivity contribution in [1.29, 1.82) is 0 Å². The molecule has 2 N–H and O–H groups in total. The number of amides is 1. The second kappa shape index (κ2) is 8.05. The molecule has 0 fully saturated rings. The quantitative estimate of drug-likeness (QED) is 0.632. The largest absolute Gasteiger partial charge is 0.319 e. The maximum atomic E-state index is 13.8. The van der Waals surface area contributed by atoms with Gasteiger partial charge in [0.15, 0.2) is 0 Å². The van der Waals surface area contributed by atoms with Gasteiger partial charge in [0.2, 0.25) is 0 Å². The zero-order chi connectivity index (χ0) is 21.2. The summed E-state index contributed by atoms with van der Waals surface area (Å²) in [4.78, 5) is 12.5. The van der Waals surface area contributed by atoms with Crippen LogP contribution in [-0.4, -0.2) is 14.3 Å². The first kappa shape index (κ1) is 20.5. The molecule has 0 aliphatic carbocycles. The minimum Gasteiger partial charge on any atom is -0.319 e. The molecule has 0 aliphatic heterocycles. The van der Waals surface area contributed by atoms with E-state index in [1.165, 1.54) is 30.3 Å². The molecular formula is C22H21FN2O3S. The third kappa shape index (κ3) is 4.46. The van der Waals surface area contributed by atoms with Gasteiger partial charge in [-0.25, -0.2) is 12.8 Å². The van der Waals surface area contributed by atoms with Gasteiger partial charge >= 0.3 is 0 Å². The molecule has 3 aromatic carbocycles. The summed E-state index contributed by atoms with van der Waals surface area (Å²) in [5.74, 6) is -1.17. The van der Waals surface area contributed by atoms with Crippen LogP contribution in [0.4, 0.5) is 15.8 Å². The topological polar surface area (TPSA) is 75.3 Å². The van der Waals surface area contributed by atoms with Crippen LogP contribution in [0.3, 0.4) is 0 Å². The first-order chi connectivity index (χ1) is 13.7. The van der Waals surface area contributed by atoms with Gasteiger partial charge in [-0.3, -0.25) is 9.52 Å². The number of hydrogen-bond acceptors (Lipinski definition) is 3. The lowest BCUT2D eigenvalue weighted by Gasteiger charge is -2.14. The van der Waals surface area contributed by atoms with Crippen molar-refractivity contribution < 1.29 is 17.6 Å². The number of anilines is 2. The predicted octanol–water partition coefficient (Wildman–Crippen LogP) is 4.80. The Morgan fingerprint density at radius 1 is 0.862 bits per heavy atom. The number of carbonyl (C=O) groups excluding carboxylic acids is 1. The summed E-state index contributed by atoms with van der Waals surface area (Å²) < 4.78 is 42.3. The monoisotopic (exact) mass is 412 g/mol. The minimum absolute atomic E-state index is 0.0143. The molecule has 3 aromatic rings. The molecule has 0 aromatic heterocycles. The highest BCUT2D eigenvalue weighted by molar-refractivity contribution is 7.92. The molecule has 0 bridgehead atoms. The Bertz CT molecular complexity index is 1190. The minimum atomic E-state index is -3.92. The first-order valence-corrected chi connectivity index (χ1v) is 10.4. The number of nitrogens with one attached hydrogen (secondary N) is 2. The van der Waals surface area contributed by atoms with Crippen LogP contribution in [0.2, 0.25) is 0 Å². The molecule has 0 heterocycles. The maximum Gasteiger partial charge on any atom is 0.262 e. The summed E-state index contributed by atoms with van der Waals surface area (Å²) in [5.41, 5.74) is 2.88. The normalized spacial score (nSPS) is 11.2.